The lowest BCUT2D eigenvalue weighted by Gasteiger charge is -2.16. The summed E-state index contributed by atoms with van der Waals surface area (Å²) in [6, 6.07) is 0. The van der Waals surface area contributed by atoms with Crippen molar-refractivity contribution in [2.75, 3.05) is 6.61 Å². The third-order valence-electron chi connectivity index (χ3n) is 1.74. The van der Waals surface area contributed by atoms with Gasteiger partial charge in [-0.3, -0.25) is 14.4 Å². The number of hydrogen-bond donors (Lipinski definition) is 1. The van der Waals surface area contributed by atoms with Gasteiger partial charge in [-0.15, -0.1) is 0 Å². The molecule has 0 amide bonds. The highest BCUT2D eigenvalue weighted by atomic mass is 19.1. The van der Waals surface area contributed by atoms with Crippen molar-refractivity contribution in [3.63, 3.8) is 0 Å². The van der Waals surface area contributed by atoms with Crippen molar-refractivity contribution in [2.45, 2.75) is 32.4 Å². The predicted octanol–water partition coefficient (Wildman–Crippen LogP) is -0.320. The Balaban J connectivity index is 2.47. The molecule has 1 aliphatic heterocycles. The quantitative estimate of drug-likeness (QED) is 0.520. The summed E-state index contributed by atoms with van der Waals surface area (Å²) < 4.78 is 22.4. The minimum atomic E-state index is -1.62. The van der Waals surface area contributed by atoms with Crippen molar-refractivity contribution in [3.05, 3.63) is 0 Å². The fourth-order valence-electron chi connectivity index (χ4n) is 1.13. The van der Waals surface area contributed by atoms with Gasteiger partial charge in [0.2, 0.25) is 6.30 Å². The molecule has 0 bridgehead atoms. The van der Waals surface area contributed by atoms with Crippen LogP contribution in [0.2, 0.25) is 0 Å². The summed E-state index contributed by atoms with van der Waals surface area (Å²) in [6.07, 6.45) is -3.54. The van der Waals surface area contributed by atoms with E-state index < -0.39 is 30.4 Å². The summed E-state index contributed by atoms with van der Waals surface area (Å²) in [5.41, 5.74) is 2.01. The van der Waals surface area contributed by atoms with E-state index in [0.717, 1.165) is 6.92 Å². The summed E-state index contributed by atoms with van der Waals surface area (Å²) in [5.74, 6) is -1.13. The number of carbonyl (C=O) groups excluding carboxylic acids is 2. The topological polar surface area (TPSA) is 73.9 Å². The molecule has 1 heterocycles. The van der Waals surface area contributed by atoms with E-state index in [0.29, 0.717) is 0 Å². The third kappa shape index (κ3) is 3.45. The number of ether oxygens (including phenoxy) is 2. The minimum absolute atomic E-state index is 0.166. The Morgan fingerprint density at radius 2 is 2.07 bits per heavy atom. The maximum absolute atomic E-state index is 13.1. The van der Waals surface area contributed by atoms with Crippen molar-refractivity contribution >= 4 is 11.9 Å². The number of esters is 2. The molecule has 0 aliphatic carbocycles. The molecular weight excluding hydrogens is 209 g/mol. The van der Waals surface area contributed by atoms with Gasteiger partial charge < -0.3 is 9.47 Å². The van der Waals surface area contributed by atoms with E-state index in [9.17, 15) is 14.0 Å². The van der Waals surface area contributed by atoms with Crippen molar-refractivity contribution in [2.24, 2.45) is 0 Å². The first-order valence-electron chi connectivity index (χ1n) is 4.36. The van der Waals surface area contributed by atoms with Gasteiger partial charge in [0.1, 0.15) is 6.61 Å². The molecule has 1 rings (SSSR count). The van der Waals surface area contributed by atoms with Crippen molar-refractivity contribution < 1.29 is 28.3 Å². The first kappa shape index (κ1) is 11.9. The zero-order valence-electron chi connectivity index (χ0n) is 8.36. The number of hydrogen-bond acceptors (Lipinski definition) is 6. The van der Waals surface area contributed by atoms with Crippen LogP contribution in [0.3, 0.4) is 0 Å². The van der Waals surface area contributed by atoms with Crippen molar-refractivity contribution in [1.29, 1.82) is 0 Å². The Morgan fingerprint density at radius 1 is 1.40 bits per heavy atom. The number of carbonyl (C=O) groups is 2. The van der Waals surface area contributed by atoms with Gasteiger partial charge in [-0.2, -0.15) is 5.48 Å². The third-order valence-corrected chi connectivity index (χ3v) is 1.74. The fourth-order valence-corrected chi connectivity index (χ4v) is 1.13. The number of nitrogens with one attached hydrogen (secondary N) is 1. The number of alkyl halides is 1. The largest absolute Gasteiger partial charge is 0.463 e. The summed E-state index contributed by atoms with van der Waals surface area (Å²) >= 11 is 0. The van der Waals surface area contributed by atoms with E-state index in [4.69, 9.17) is 4.84 Å². The van der Waals surface area contributed by atoms with Crippen LogP contribution < -0.4 is 5.48 Å². The van der Waals surface area contributed by atoms with Crippen molar-refractivity contribution in [1.82, 2.24) is 5.48 Å². The molecule has 3 atom stereocenters. The van der Waals surface area contributed by atoms with Gasteiger partial charge in [0.25, 0.3) is 0 Å². The highest BCUT2D eigenvalue weighted by Gasteiger charge is 2.41. The van der Waals surface area contributed by atoms with Crippen LogP contribution in [0.15, 0.2) is 0 Å². The van der Waals surface area contributed by atoms with Crippen LogP contribution in [0.4, 0.5) is 4.39 Å². The van der Waals surface area contributed by atoms with E-state index in [2.05, 4.69) is 9.47 Å². The molecule has 0 aromatic rings. The lowest BCUT2D eigenvalue weighted by molar-refractivity contribution is -0.156. The molecule has 7 heteroatoms. The second-order valence-electron chi connectivity index (χ2n) is 3.05. The molecule has 0 unspecified atom stereocenters. The van der Waals surface area contributed by atoms with Crippen LogP contribution in [-0.2, 0) is 23.9 Å². The van der Waals surface area contributed by atoms with Gasteiger partial charge in [0.05, 0.1) is 0 Å². The zero-order valence-corrected chi connectivity index (χ0v) is 8.36. The SMILES string of the molecule is CC(=O)OC[C@H]1ON[C@@H](F)[C@H]1OC(C)=O. The van der Waals surface area contributed by atoms with Gasteiger partial charge in [-0.25, -0.2) is 4.39 Å². The zero-order chi connectivity index (χ0) is 11.4. The average molecular weight is 221 g/mol. The highest BCUT2D eigenvalue weighted by Crippen LogP contribution is 2.17. The molecular formula is C8H12FNO5. The number of hydroxylamine groups is 1. The molecule has 1 N–H and O–H groups in total. The molecule has 0 saturated carbocycles. The predicted molar refractivity (Wildman–Crippen MR) is 45.1 cm³/mol. The number of rotatable bonds is 3. The molecule has 15 heavy (non-hydrogen) atoms. The van der Waals surface area contributed by atoms with Gasteiger partial charge in [-0.05, 0) is 0 Å². The smallest absolute Gasteiger partial charge is 0.303 e. The Kier molecular flexibility index (Phi) is 3.98. The summed E-state index contributed by atoms with van der Waals surface area (Å²) in [5, 5.41) is 0. The Morgan fingerprint density at radius 3 is 2.60 bits per heavy atom. The molecule has 6 nitrogen and oxygen atoms in total. The van der Waals surface area contributed by atoms with Gasteiger partial charge in [-0.1, -0.05) is 0 Å². The second-order valence-corrected chi connectivity index (χ2v) is 3.05. The van der Waals surface area contributed by atoms with Crippen LogP contribution in [0.1, 0.15) is 13.8 Å². The molecule has 0 aromatic carbocycles. The van der Waals surface area contributed by atoms with Crippen LogP contribution in [0, 0.1) is 0 Å². The Bertz CT molecular complexity index is 259. The second kappa shape index (κ2) is 5.04. The lowest BCUT2D eigenvalue weighted by Crippen LogP contribution is -2.36. The van der Waals surface area contributed by atoms with Crippen LogP contribution in [0.25, 0.3) is 0 Å². The van der Waals surface area contributed by atoms with Gasteiger partial charge in [0.15, 0.2) is 12.2 Å². The van der Waals surface area contributed by atoms with E-state index in [1.165, 1.54) is 6.92 Å². The van der Waals surface area contributed by atoms with Gasteiger partial charge >= 0.3 is 11.9 Å². The molecule has 0 radical (unpaired) electrons. The Hall–Kier alpha value is -1.21. The van der Waals surface area contributed by atoms with E-state index >= 15 is 0 Å². The normalized spacial score (nSPS) is 29.9. The highest BCUT2D eigenvalue weighted by molar-refractivity contribution is 5.66. The molecule has 0 spiro atoms. The maximum atomic E-state index is 13.1. The van der Waals surface area contributed by atoms with E-state index in [1.807, 2.05) is 5.48 Å². The molecule has 1 fully saturated rings. The van der Waals surface area contributed by atoms with E-state index in [1.54, 1.807) is 0 Å². The summed E-state index contributed by atoms with van der Waals surface area (Å²) in [6.45, 7) is 2.21. The monoisotopic (exact) mass is 221 g/mol. The summed E-state index contributed by atoms with van der Waals surface area (Å²) in [4.78, 5) is 25.9. The fraction of sp³-hybridized carbons (Fsp3) is 0.750. The first-order chi connectivity index (χ1) is 7.00. The number of halogens is 1. The van der Waals surface area contributed by atoms with Gasteiger partial charge in [0, 0.05) is 13.8 Å². The van der Waals surface area contributed by atoms with Crippen molar-refractivity contribution in [3.8, 4) is 0 Å². The summed E-state index contributed by atoms with van der Waals surface area (Å²) in [7, 11) is 0. The molecule has 1 saturated heterocycles. The average Bonchev–Trinajstić information content (AvgIpc) is 2.44. The Labute approximate surface area is 85.6 Å². The minimum Gasteiger partial charge on any atom is -0.463 e. The first-order valence-corrected chi connectivity index (χ1v) is 4.36. The molecule has 1 aliphatic rings. The van der Waals surface area contributed by atoms with Crippen LogP contribution in [-0.4, -0.2) is 37.0 Å². The van der Waals surface area contributed by atoms with E-state index in [-0.39, 0.29) is 6.61 Å². The lowest BCUT2D eigenvalue weighted by atomic mass is 10.2. The standard InChI is InChI=1S/C8H12FNO5/c1-4(11)13-3-6-7(14-5(2)12)8(9)10-15-6/h6-8,10H,3H2,1-2H3/t6-,7+,8-/m1/s1. The maximum Gasteiger partial charge on any atom is 0.303 e. The van der Waals surface area contributed by atoms with Crippen LogP contribution >= 0.6 is 0 Å². The molecule has 0 aromatic heterocycles. The van der Waals surface area contributed by atoms with Crippen LogP contribution in [0.5, 0.6) is 0 Å². The molecule has 86 valence electrons.